The quantitative estimate of drug-likeness (QED) is 0.508. The van der Waals surface area contributed by atoms with E-state index in [0.29, 0.717) is 31.6 Å². The van der Waals surface area contributed by atoms with Crippen molar-refractivity contribution in [2.75, 3.05) is 38.7 Å². The van der Waals surface area contributed by atoms with Gasteiger partial charge in [-0.25, -0.2) is 4.79 Å². The summed E-state index contributed by atoms with van der Waals surface area (Å²) < 4.78 is 11.0. The first-order valence-corrected chi connectivity index (χ1v) is 12.0. The Labute approximate surface area is 211 Å². The number of nitrogens with one attached hydrogen (secondary N) is 1. The number of methoxy groups -OCH3 is 1. The van der Waals surface area contributed by atoms with Gasteiger partial charge in [0.2, 0.25) is 0 Å². The molecule has 2 aromatic carbocycles. The van der Waals surface area contributed by atoms with Gasteiger partial charge < -0.3 is 24.6 Å². The Morgan fingerprint density at radius 3 is 2.69 bits per heavy atom. The molecule has 1 atom stereocenters. The number of nitrogens with zero attached hydrogens (tertiary/aromatic N) is 3. The number of fused-ring (bicyclic) bond motifs is 1. The molecule has 1 N–H and O–H groups in total. The van der Waals surface area contributed by atoms with Crippen LogP contribution in [0, 0.1) is 6.92 Å². The Bertz CT molecular complexity index is 1200. The molecule has 1 aromatic heterocycles. The van der Waals surface area contributed by atoms with Crippen LogP contribution in [0.15, 0.2) is 67.0 Å². The molecule has 0 bridgehead atoms. The molecule has 8 nitrogen and oxygen atoms in total. The average molecular weight is 489 g/mol. The highest BCUT2D eigenvalue weighted by Gasteiger charge is 2.25. The van der Waals surface area contributed by atoms with Gasteiger partial charge in [0.25, 0.3) is 5.91 Å². The third-order valence-electron chi connectivity index (χ3n) is 6.42. The molecule has 0 saturated heterocycles. The van der Waals surface area contributed by atoms with E-state index in [2.05, 4.69) is 19.9 Å². The predicted octanol–water partition coefficient (Wildman–Crippen LogP) is 4.35. The minimum absolute atomic E-state index is 0.00979. The highest BCUT2D eigenvalue weighted by molar-refractivity contribution is 6.00. The van der Waals surface area contributed by atoms with Crippen LogP contribution in [0.4, 0.5) is 10.5 Å². The van der Waals surface area contributed by atoms with Gasteiger partial charge in [-0.3, -0.25) is 9.78 Å². The number of hydrogen-bond acceptors (Lipinski definition) is 6. The van der Waals surface area contributed by atoms with E-state index in [1.807, 2.05) is 73.5 Å². The van der Waals surface area contributed by atoms with E-state index in [-0.39, 0.29) is 12.0 Å². The van der Waals surface area contributed by atoms with Gasteiger partial charge in [0, 0.05) is 52.0 Å². The van der Waals surface area contributed by atoms with Gasteiger partial charge in [0.15, 0.2) is 0 Å². The summed E-state index contributed by atoms with van der Waals surface area (Å²) in [6, 6.07) is 17.8. The number of carbonyl (C=O) groups excluding carboxylic acids is 2. The molecule has 0 saturated carbocycles. The molecule has 3 aromatic rings. The number of benzene rings is 2. The van der Waals surface area contributed by atoms with Gasteiger partial charge in [-0.15, -0.1) is 0 Å². The van der Waals surface area contributed by atoms with Crippen LogP contribution in [0.25, 0.3) is 0 Å². The zero-order chi connectivity index (χ0) is 25.5. The number of hydrogen-bond donors (Lipinski definition) is 1. The molecule has 2 heterocycles. The van der Waals surface area contributed by atoms with Gasteiger partial charge >= 0.3 is 6.09 Å². The van der Waals surface area contributed by atoms with Crippen LogP contribution in [0.3, 0.4) is 0 Å². The Balaban J connectivity index is 1.47. The molecule has 8 heteroatoms. The molecular weight excluding hydrogens is 456 g/mol. The van der Waals surface area contributed by atoms with Crippen LogP contribution >= 0.6 is 0 Å². The first-order chi connectivity index (χ1) is 17.5. The molecule has 1 aliphatic heterocycles. The molecule has 0 radical (unpaired) electrons. The number of rotatable bonds is 8. The zero-order valence-corrected chi connectivity index (χ0v) is 20.9. The smallest absolute Gasteiger partial charge is 0.406 e. The van der Waals surface area contributed by atoms with E-state index in [9.17, 15) is 9.59 Å². The lowest BCUT2D eigenvalue weighted by Gasteiger charge is -2.23. The van der Waals surface area contributed by atoms with Gasteiger partial charge in [0.1, 0.15) is 11.9 Å². The zero-order valence-electron chi connectivity index (χ0n) is 20.9. The number of carbonyl (C=O) groups is 2. The lowest BCUT2D eigenvalue weighted by atomic mass is 10.1. The molecule has 188 valence electrons. The molecule has 36 heavy (non-hydrogen) atoms. The number of ether oxygens (including phenoxy) is 2. The van der Waals surface area contributed by atoms with Crippen molar-refractivity contribution in [2.24, 2.45) is 0 Å². The molecule has 0 spiro atoms. The van der Waals surface area contributed by atoms with Crippen LogP contribution in [-0.2, 0) is 11.3 Å². The minimum atomic E-state index is -0.463. The first kappa shape index (κ1) is 25.0. The van der Waals surface area contributed by atoms with Crippen molar-refractivity contribution in [3.05, 3.63) is 89.2 Å². The van der Waals surface area contributed by atoms with Crippen molar-refractivity contribution in [3.8, 4) is 5.75 Å². The molecular formula is C28H32N4O4. The van der Waals surface area contributed by atoms with Crippen molar-refractivity contribution in [1.29, 1.82) is 0 Å². The van der Waals surface area contributed by atoms with Crippen molar-refractivity contribution in [1.82, 2.24) is 15.2 Å². The van der Waals surface area contributed by atoms with Gasteiger partial charge in [-0.2, -0.15) is 0 Å². The van der Waals surface area contributed by atoms with E-state index in [1.54, 1.807) is 12.4 Å². The fraction of sp³-hybridized carbons (Fsp3) is 0.321. The summed E-state index contributed by atoms with van der Waals surface area (Å²) >= 11 is 0. The average Bonchev–Trinajstić information content (AvgIpc) is 3.02. The Kier molecular flexibility index (Phi) is 8.05. The SMILES string of the molecule is COC(=O)NCC[C@H](Oc1ccc(CN2CCN(C)c3ccncc3C2=O)c(C)c1)c1ccccc1. The van der Waals surface area contributed by atoms with Crippen LogP contribution in [-0.4, -0.2) is 55.7 Å². The topological polar surface area (TPSA) is 84.0 Å². The fourth-order valence-corrected chi connectivity index (χ4v) is 4.33. The lowest BCUT2D eigenvalue weighted by Crippen LogP contribution is -2.33. The maximum Gasteiger partial charge on any atom is 0.406 e. The van der Waals surface area contributed by atoms with E-state index in [0.717, 1.165) is 34.7 Å². The lowest BCUT2D eigenvalue weighted by molar-refractivity contribution is 0.0754. The van der Waals surface area contributed by atoms with Gasteiger partial charge in [0.05, 0.1) is 18.4 Å². The summed E-state index contributed by atoms with van der Waals surface area (Å²) in [4.78, 5) is 32.8. The van der Waals surface area contributed by atoms with Gasteiger partial charge in [-0.1, -0.05) is 36.4 Å². The summed E-state index contributed by atoms with van der Waals surface area (Å²) in [5.41, 5.74) is 4.67. The minimum Gasteiger partial charge on any atom is -0.486 e. The highest BCUT2D eigenvalue weighted by atomic mass is 16.5. The fourth-order valence-electron chi connectivity index (χ4n) is 4.33. The second-order valence-corrected chi connectivity index (χ2v) is 8.85. The molecule has 0 aliphatic carbocycles. The van der Waals surface area contributed by atoms with Crippen molar-refractivity contribution in [2.45, 2.75) is 26.0 Å². The van der Waals surface area contributed by atoms with Crippen molar-refractivity contribution in [3.63, 3.8) is 0 Å². The summed E-state index contributed by atoms with van der Waals surface area (Å²) in [7, 11) is 3.34. The standard InChI is InChI=1S/C28H32N4O4/c1-20-17-23(36-26(12-14-30-28(34)35-3)21-7-5-4-6-8-21)10-9-22(20)19-32-16-15-31(2)25-11-13-29-18-24(25)27(32)33/h4-11,13,17-18,26H,12,14-16,19H2,1-3H3,(H,30,34)/t26-/m0/s1. The predicted molar refractivity (Wildman–Crippen MR) is 138 cm³/mol. The molecule has 0 fully saturated rings. The molecule has 1 aliphatic rings. The van der Waals surface area contributed by atoms with E-state index >= 15 is 0 Å². The first-order valence-electron chi connectivity index (χ1n) is 12.0. The second-order valence-electron chi connectivity index (χ2n) is 8.85. The number of aromatic nitrogens is 1. The second kappa shape index (κ2) is 11.6. The summed E-state index contributed by atoms with van der Waals surface area (Å²) in [6.07, 6.45) is 3.25. The number of likely N-dealkylation sites (N-methyl/N-ethyl adjacent to an activating group) is 1. The molecule has 2 amide bonds. The number of pyridine rings is 1. The largest absolute Gasteiger partial charge is 0.486 e. The number of aryl methyl sites for hydroxylation is 1. The van der Waals surface area contributed by atoms with Crippen LogP contribution in [0.2, 0.25) is 0 Å². The van der Waals surface area contributed by atoms with Crippen molar-refractivity contribution < 1.29 is 19.1 Å². The number of anilines is 1. The van der Waals surface area contributed by atoms with E-state index in [4.69, 9.17) is 4.74 Å². The van der Waals surface area contributed by atoms with Gasteiger partial charge in [-0.05, 0) is 41.8 Å². The van der Waals surface area contributed by atoms with Crippen LogP contribution in [0.1, 0.15) is 39.6 Å². The van der Waals surface area contributed by atoms with E-state index < -0.39 is 6.09 Å². The number of alkyl carbamates (subject to hydrolysis) is 1. The normalized spacial score (nSPS) is 14.0. The third kappa shape index (κ3) is 5.94. The maximum atomic E-state index is 13.2. The Morgan fingerprint density at radius 1 is 1.14 bits per heavy atom. The van der Waals surface area contributed by atoms with E-state index in [1.165, 1.54) is 7.11 Å². The van der Waals surface area contributed by atoms with Crippen LogP contribution < -0.4 is 15.0 Å². The monoisotopic (exact) mass is 488 g/mol. The summed E-state index contributed by atoms with van der Waals surface area (Å²) in [5.74, 6) is 0.726. The summed E-state index contributed by atoms with van der Waals surface area (Å²) in [5, 5.41) is 2.72. The highest BCUT2D eigenvalue weighted by Crippen LogP contribution is 2.28. The molecule has 0 unspecified atom stereocenters. The summed E-state index contributed by atoms with van der Waals surface area (Å²) in [6.45, 7) is 4.35. The maximum absolute atomic E-state index is 13.2. The number of amides is 2. The third-order valence-corrected chi connectivity index (χ3v) is 6.42. The Morgan fingerprint density at radius 2 is 1.94 bits per heavy atom. The van der Waals surface area contributed by atoms with Crippen molar-refractivity contribution >= 4 is 17.7 Å². The Hall–Kier alpha value is -4.07. The van der Waals surface area contributed by atoms with Crippen LogP contribution in [0.5, 0.6) is 5.75 Å². The molecule has 4 rings (SSSR count).